The van der Waals surface area contributed by atoms with Crippen LogP contribution in [0.3, 0.4) is 0 Å². The van der Waals surface area contributed by atoms with Gasteiger partial charge in [0.15, 0.2) is 5.44 Å². The molecule has 88 valence electrons. The molecule has 0 unspecified atom stereocenters. The van der Waals surface area contributed by atoms with E-state index in [2.05, 4.69) is 9.97 Å². The van der Waals surface area contributed by atoms with Crippen LogP contribution in [-0.4, -0.2) is 31.6 Å². The number of carbonyl (C=O) groups excluding carboxylic acids is 1. The van der Waals surface area contributed by atoms with Gasteiger partial charge in [-0.2, -0.15) is 0 Å². The topological polar surface area (TPSA) is 126 Å². The standard InChI is InChI=1S/C8H12N3O4P/c1-5(12)7(9)2-6-3-11-8(4-10-6)16(13,14)15/h3-4,7H,2,9H2,1H3,(H2,13,14,15)/t7-/m0/s1. The summed E-state index contributed by atoms with van der Waals surface area (Å²) in [5, 5.41) is 0. The highest BCUT2D eigenvalue weighted by Gasteiger charge is 2.19. The molecule has 1 aromatic heterocycles. The van der Waals surface area contributed by atoms with E-state index in [1.807, 2.05) is 0 Å². The summed E-state index contributed by atoms with van der Waals surface area (Å²) in [6.07, 6.45) is 2.39. The van der Waals surface area contributed by atoms with Crippen LogP contribution in [0.2, 0.25) is 0 Å². The van der Waals surface area contributed by atoms with Crippen LogP contribution in [0.25, 0.3) is 0 Å². The number of Topliss-reactive ketones (excluding diaryl/α,β-unsaturated/α-hetero) is 1. The van der Waals surface area contributed by atoms with Gasteiger partial charge in [-0.15, -0.1) is 0 Å². The van der Waals surface area contributed by atoms with Crippen molar-refractivity contribution in [3.8, 4) is 0 Å². The average molecular weight is 245 g/mol. The number of aromatic nitrogens is 2. The van der Waals surface area contributed by atoms with Gasteiger partial charge in [0.1, 0.15) is 5.78 Å². The lowest BCUT2D eigenvalue weighted by Gasteiger charge is -2.07. The molecule has 0 bridgehead atoms. The first-order valence-corrected chi connectivity index (χ1v) is 6.05. The highest BCUT2D eigenvalue weighted by Crippen LogP contribution is 2.31. The molecule has 0 aliphatic heterocycles. The maximum atomic E-state index is 10.9. The van der Waals surface area contributed by atoms with E-state index < -0.39 is 19.1 Å². The predicted octanol–water partition coefficient (Wildman–Crippen LogP) is -1.26. The molecule has 0 amide bonds. The molecular formula is C8H12N3O4P. The van der Waals surface area contributed by atoms with E-state index in [9.17, 15) is 9.36 Å². The van der Waals surface area contributed by atoms with E-state index >= 15 is 0 Å². The van der Waals surface area contributed by atoms with Crippen molar-refractivity contribution < 1.29 is 19.1 Å². The molecule has 0 aromatic carbocycles. The van der Waals surface area contributed by atoms with Crippen molar-refractivity contribution in [1.82, 2.24) is 9.97 Å². The maximum absolute atomic E-state index is 10.9. The zero-order valence-electron chi connectivity index (χ0n) is 8.57. The van der Waals surface area contributed by atoms with Crippen LogP contribution < -0.4 is 11.2 Å². The summed E-state index contributed by atoms with van der Waals surface area (Å²) in [5.74, 6) is -0.180. The van der Waals surface area contributed by atoms with E-state index in [0.717, 1.165) is 6.20 Å². The molecule has 0 spiro atoms. The van der Waals surface area contributed by atoms with Gasteiger partial charge in [0.05, 0.1) is 17.9 Å². The highest BCUT2D eigenvalue weighted by atomic mass is 31.2. The van der Waals surface area contributed by atoms with Gasteiger partial charge in [0.2, 0.25) is 0 Å². The minimum absolute atomic E-state index is 0.180. The fraction of sp³-hybridized carbons (Fsp3) is 0.375. The molecule has 0 fully saturated rings. The second-order valence-electron chi connectivity index (χ2n) is 3.33. The Labute approximate surface area is 91.9 Å². The minimum atomic E-state index is -4.36. The van der Waals surface area contributed by atoms with Crippen molar-refractivity contribution in [2.24, 2.45) is 5.73 Å². The van der Waals surface area contributed by atoms with Crippen molar-refractivity contribution in [3.63, 3.8) is 0 Å². The molecule has 0 saturated carbocycles. The third-order valence-electron chi connectivity index (χ3n) is 1.94. The zero-order chi connectivity index (χ0) is 12.3. The van der Waals surface area contributed by atoms with E-state index in [-0.39, 0.29) is 12.2 Å². The largest absolute Gasteiger partial charge is 0.376 e. The van der Waals surface area contributed by atoms with Gasteiger partial charge >= 0.3 is 7.60 Å². The Morgan fingerprint density at radius 2 is 2.12 bits per heavy atom. The van der Waals surface area contributed by atoms with Crippen LogP contribution >= 0.6 is 7.60 Å². The average Bonchev–Trinajstić information content (AvgIpc) is 2.17. The van der Waals surface area contributed by atoms with Gasteiger partial charge in [-0.3, -0.25) is 14.3 Å². The van der Waals surface area contributed by atoms with E-state index in [1.54, 1.807) is 0 Å². The molecule has 0 saturated heterocycles. The van der Waals surface area contributed by atoms with Gasteiger partial charge in [-0.05, 0) is 6.92 Å². The third-order valence-corrected chi connectivity index (χ3v) is 2.77. The van der Waals surface area contributed by atoms with Crippen molar-refractivity contribution in [1.29, 1.82) is 0 Å². The summed E-state index contributed by atoms with van der Waals surface area (Å²) in [6, 6.07) is -0.671. The summed E-state index contributed by atoms with van der Waals surface area (Å²) in [4.78, 5) is 35.8. The summed E-state index contributed by atoms with van der Waals surface area (Å²) < 4.78 is 10.8. The zero-order valence-corrected chi connectivity index (χ0v) is 9.46. The minimum Gasteiger partial charge on any atom is -0.321 e. The normalized spacial score (nSPS) is 13.5. The molecule has 16 heavy (non-hydrogen) atoms. The number of hydrogen-bond acceptors (Lipinski definition) is 5. The smallest absolute Gasteiger partial charge is 0.321 e. The first kappa shape index (κ1) is 12.9. The van der Waals surface area contributed by atoms with Crippen molar-refractivity contribution in [2.75, 3.05) is 0 Å². The molecule has 0 aliphatic rings. The van der Waals surface area contributed by atoms with Gasteiger partial charge in [-0.1, -0.05) is 0 Å². The lowest BCUT2D eigenvalue weighted by atomic mass is 10.1. The highest BCUT2D eigenvalue weighted by molar-refractivity contribution is 7.59. The van der Waals surface area contributed by atoms with E-state index in [4.69, 9.17) is 15.5 Å². The molecule has 7 nitrogen and oxygen atoms in total. The van der Waals surface area contributed by atoms with E-state index in [1.165, 1.54) is 13.1 Å². The van der Waals surface area contributed by atoms with Crippen LogP contribution in [0.4, 0.5) is 0 Å². The molecule has 0 aliphatic carbocycles. The molecule has 1 heterocycles. The molecule has 1 atom stereocenters. The Morgan fingerprint density at radius 3 is 2.50 bits per heavy atom. The van der Waals surface area contributed by atoms with Gasteiger partial charge in [0.25, 0.3) is 0 Å². The number of carbonyl (C=O) groups is 1. The summed E-state index contributed by atoms with van der Waals surface area (Å²) in [6.45, 7) is 1.36. The van der Waals surface area contributed by atoms with Crippen LogP contribution in [0.5, 0.6) is 0 Å². The molecule has 1 aromatic rings. The quantitative estimate of drug-likeness (QED) is 0.565. The molecule has 1 rings (SSSR count). The van der Waals surface area contributed by atoms with Crippen LogP contribution in [-0.2, 0) is 15.8 Å². The van der Waals surface area contributed by atoms with Crippen LogP contribution in [0.15, 0.2) is 12.4 Å². The third kappa shape index (κ3) is 3.46. The van der Waals surface area contributed by atoms with E-state index in [0.29, 0.717) is 5.69 Å². The summed E-state index contributed by atoms with van der Waals surface area (Å²) in [5.41, 5.74) is 5.52. The molecule has 8 heteroatoms. The summed E-state index contributed by atoms with van der Waals surface area (Å²) >= 11 is 0. The first-order valence-electron chi connectivity index (χ1n) is 4.44. The van der Waals surface area contributed by atoms with Gasteiger partial charge in [-0.25, -0.2) is 4.98 Å². The Kier molecular flexibility index (Phi) is 3.88. The Bertz CT molecular complexity index is 427. The predicted molar refractivity (Wildman–Crippen MR) is 56.1 cm³/mol. The van der Waals surface area contributed by atoms with Gasteiger partial charge in [0, 0.05) is 12.6 Å². The van der Waals surface area contributed by atoms with Gasteiger partial charge < -0.3 is 15.5 Å². The maximum Gasteiger partial charge on any atom is 0.376 e. The Morgan fingerprint density at radius 1 is 1.50 bits per heavy atom. The fourth-order valence-electron chi connectivity index (χ4n) is 0.973. The number of nitrogens with two attached hydrogens (primary N) is 1. The van der Waals surface area contributed by atoms with Crippen molar-refractivity contribution in [3.05, 3.63) is 18.1 Å². The first-order chi connectivity index (χ1) is 7.30. The molecular weight excluding hydrogens is 233 g/mol. The Hall–Kier alpha value is -1.14. The number of nitrogens with zero attached hydrogens (tertiary/aromatic N) is 2. The SMILES string of the molecule is CC(=O)[C@@H](N)Cc1cnc(P(=O)(O)O)cn1. The number of rotatable bonds is 4. The molecule has 0 radical (unpaired) electrons. The van der Waals surface area contributed by atoms with Crippen molar-refractivity contribution >= 4 is 18.8 Å². The summed E-state index contributed by atoms with van der Waals surface area (Å²) in [7, 11) is -4.36. The second-order valence-corrected chi connectivity index (χ2v) is 4.88. The monoisotopic (exact) mass is 245 g/mol. The Balaban J connectivity index is 2.80. The lowest BCUT2D eigenvalue weighted by Crippen LogP contribution is -2.31. The molecule has 4 N–H and O–H groups in total. The second kappa shape index (κ2) is 4.80. The number of ketones is 1. The fourth-order valence-corrected chi connectivity index (χ4v) is 1.39. The number of hydrogen-bond donors (Lipinski definition) is 3. The van der Waals surface area contributed by atoms with Crippen LogP contribution in [0.1, 0.15) is 12.6 Å². The van der Waals surface area contributed by atoms with Crippen LogP contribution in [0, 0.1) is 0 Å². The van der Waals surface area contributed by atoms with Crippen molar-refractivity contribution in [2.45, 2.75) is 19.4 Å². The lowest BCUT2D eigenvalue weighted by molar-refractivity contribution is -0.118.